The summed E-state index contributed by atoms with van der Waals surface area (Å²) < 4.78 is 20.1. The predicted molar refractivity (Wildman–Crippen MR) is 78.6 cm³/mol. The summed E-state index contributed by atoms with van der Waals surface area (Å²) in [5, 5.41) is 20.7. The van der Waals surface area contributed by atoms with Crippen molar-refractivity contribution in [2.75, 3.05) is 28.4 Å². The molecule has 2 atom stereocenters. The first kappa shape index (κ1) is 19.4. The monoisotopic (exact) mass is 336 g/mol. The van der Waals surface area contributed by atoms with E-state index >= 15 is 0 Å². The molecular weight excluding hydrogens is 318 g/mol. The van der Waals surface area contributed by atoms with Crippen molar-refractivity contribution in [1.29, 1.82) is 5.26 Å². The van der Waals surface area contributed by atoms with Crippen LogP contribution in [0.2, 0.25) is 0 Å². The van der Waals surface area contributed by atoms with Gasteiger partial charge in [0.1, 0.15) is 5.75 Å². The number of hydrogen-bond donors (Lipinski definition) is 0. The SMILES string of the molecule is COC(=O)C(OC)(OC)[C@H](c1ccc(OC)cc1)[C@@H](C#N)C(=O)[O-]. The normalized spacial score (nSPS) is 13.5. The Hall–Kier alpha value is -2.63. The van der Waals surface area contributed by atoms with Crippen molar-refractivity contribution in [3.05, 3.63) is 29.8 Å². The first-order valence-electron chi connectivity index (χ1n) is 6.84. The van der Waals surface area contributed by atoms with E-state index in [9.17, 15) is 20.0 Å². The Morgan fingerprint density at radius 1 is 1.12 bits per heavy atom. The van der Waals surface area contributed by atoms with Gasteiger partial charge in [0.15, 0.2) is 0 Å². The van der Waals surface area contributed by atoms with Crippen LogP contribution in [0.5, 0.6) is 5.75 Å². The van der Waals surface area contributed by atoms with Gasteiger partial charge in [0.05, 0.1) is 38.1 Å². The van der Waals surface area contributed by atoms with E-state index in [-0.39, 0.29) is 0 Å². The number of rotatable bonds is 8. The average Bonchev–Trinajstić information content (AvgIpc) is 2.61. The zero-order valence-corrected chi connectivity index (χ0v) is 13.8. The Bertz CT molecular complexity index is 616. The van der Waals surface area contributed by atoms with Crippen molar-refractivity contribution in [2.24, 2.45) is 5.92 Å². The highest BCUT2D eigenvalue weighted by Crippen LogP contribution is 2.39. The Kier molecular flexibility index (Phi) is 6.70. The highest BCUT2D eigenvalue weighted by molar-refractivity contribution is 5.82. The molecule has 0 aromatic heterocycles. The van der Waals surface area contributed by atoms with Gasteiger partial charge < -0.3 is 28.8 Å². The number of ether oxygens (including phenoxy) is 4. The molecule has 0 aliphatic heterocycles. The molecule has 1 aromatic carbocycles. The van der Waals surface area contributed by atoms with Crippen LogP contribution in [0.1, 0.15) is 11.5 Å². The minimum Gasteiger partial charge on any atom is -0.549 e. The molecule has 8 nitrogen and oxygen atoms in total. The number of carbonyl (C=O) groups excluding carboxylic acids is 2. The third-order valence-corrected chi connectivity index (χ3v) is 3.69. The van der Waals surface area contributed by atoms with E-state index in [1.165, 1.54) is 19.2 Å². The second kappa shape index (κ2) is 8.29. The quantitative estimate of drug-likeness (QED) is 0.474. The molecule has 0 aliphatic carbocycles. The summed E-state index contributed by atoms with van der Waals surface area (Å²) in [4.78, 5) is 23.7. The highest BCUT2D eigenvalue weighted by atomic mass is 16.7. The topological polar surface area (TPSA) is 118 Å². The van der Waals surface area contributed by atoms with Gasteiger partial charge in [-0.2, -0.15) is 5.26 Å². The van der Waals surface area contributed by atoms with E-state index in [2.05, 4.69) is 4.74 Å². The van der Waals surface area contributed by atoms with Crippen LogP contribution < -0.4 is 9.84 Å². The van der Waals surface area contributed by atoms with Gasteiger partial charge in [0.25, 0.3) is 5.79 Å². The molecule has 0 aliphatic rings. The average molecular weight is 336 g/mol. The number of aliphatic carboxylic acids is 1. The van der Waals surface area contributed by atoms with Gasteiger partial charge in [-0.1, -0.05) is 12.1 Å². The van der Waals surface area contributed by atoms with Crippen LogP contribution in [0, 0.1) is 17.2 Å². The van der Waals surface area contributed by atoms with Crippen LogP contribution in [0.25, 0.3) is 0 Å². The molecule has 1 rings (SSSR count). The molecule has 0 bridgehead atoms. The molecule has 0 saturated heterocycles. The zero-order valence-electron chi connectivity index (χ0n) is 13.8. The lowest BCUT2D eigenvalue weighted by molar-refractivity contribution is -0.314. The van der Waals surface area contributed by atoms with Crippen molar-refractivity contribution >= 4 is 11.9 Å². The maximum atomic E-state index is 12.3. The van der Waals surface area contributed by atoms with E-state index in [1.807, 2.05) is 0 Å². The van der Waals surface area contributed by atoms with Crippen LogP contribution in [0.15, 0.2) is 24.3 Å². The first-order chi connectivity index (χ1) is 11.4. The van der Waals surface area contributed by atoms with Crippen LogP contribution >= 0.6 is 0 Å². The van der Waals surface area contributed by atoms with E-state index in [0.717, 1.165) is 21.3 Å². The van der Waals surface area contributed by atoms with Crippen molar-refractivity contribution in [3.63, 3.8) is 0 Å². The van der Waals surface area contributed by atoms with E-state index < -0.39 is 29.6 Å². The number of hydrogen-bond acceptors (Lipinski definition) is 8. The maximum absolute atomic E-state index is 12.3. The summed E-state index contributed by atoms with van der Waals surface area (Å²) in [5.41, 5.74) is 0.306. The number of methoxy groups -OCH3 is 4. The molecule has 8 heteroatoms. The van der Waals surface area contributed by atoms with Crippen molar-refractivity contribution in [1.82, 2.24) is 0 Å². The lowest BCUT2D eigenvalue weighted by Crippen LogP contribution is -2.53. The lowest BCUT2D eigenvalue weighted by Gasteiger charge is -2.38. The van der Waals surface area contributed by atoms with Gasteiger partial charge in [-0.3, -0.25) is 0 Å². The summed E-state index contributed by atoms with van der Waals surface area (Å²) in [5.74, 6) is -7.32. The van der Waals surface area contributed by atoms with E-state index in [1.54, 1.807) is 18.2 Å². The van der Waals surface area contributed by atoms with Crippen LogP contribution in [0.4, 0.5) is 0 Å². The minimum atomic E-state index is -2.14. The second-order valence-electron chi connectivity index (χ2n) is 4.74. The summed E-state index contributed by atoms with van der Waals surface area (Å²) in [6.45, 7) is 0. The number of benzene rings is 1. The fourth-order valence-electron chi connectivity index (χ4n) is 2.48. The standard InChI is InChI=1S/C16H19NO7/c1-21-11-7-5-10(6-8-11)13(12(9-17)14(18)19)16(23-3,24-4)15(20)22-2/h5-8,12-13H,1-4H3,(H,18,19)/p-1/t12-,13-/m1/s1. The first-order valence-corrected chi connectivity index (χ1v) is 6.84. The van der Waals surface area contributed by atoms with Crippen molar-refractivity contribution in [2.45, 2.75) is 11.7 Å². The molecule has 0 N–H and O–H groups in total. The number of nitrogens with zero attached hydrogens (tertiary/aromatic N) is 1. The number of carbonyl (C=O) groups is 2. The van der Waals surface area contributed by atoms with Gasteiger partial charge in [-0.05, 0) is 17.7 Å². The van der Waals surface area contributed by atoms with Crippen LogP contribution in [0.3, 0.4) is 0 Å². The van der Waals surface area contributed by atoms with Gasteiger partial charge in [0.2, 0.25) is 0 Å². The number of carboxylic acid groups (broad SMARTS) is 1. The third-order valence-electron chi connectivity index (χ3n) is 3.69. The zero-order chi connectivity index (χ0) is 18.3. The summed E-state index contributed by atoms with van der Waals surface area (Å²) >= 11 is 0. The summed E-state index contributed by atoms with van der Waals surface area (Å²) in [6, 6.07) is 7.74. The maximum Gasteiger partial charge on any atom is 0.367 e. The molecule has 0 heterocycles. The van der Waals surface area contributed by atoms with E-state index in [4.69, 9.17) is 14.2 Å². The molecule has 0 radical (unpaired) electrons. The highest BCUT2D eigenvalue weighted by Gasteiger charge is 2.53. The molecule has 0 saturated carbocycles. The van der Waals surface area contributed by atoms with Crippen molar-refractivity contribution in [3.8, 4) is 11.8 Å². The minimum absolute atomic E-state index is 0.306. The Morgan fingerprint density at radius 3 is 2.00 bits per heavy atom. The summed E-state index contributed by atoms with van der Waals surface area (Å²) in [6.07, 6.45) is 0. The second-order valence-corrected chi connectivity index (χ2v) is 4.74. The molecule has 24 heavy (non-hydrogen) atoms. The number of carboxylic acids is 1. The van der Waals surface area contributed by atoms with Crippen LogP contribution in [-0.2, 0) is 23.8 Å². The van der Waals surface area contributed by atoms with Crippen LogP contribution in [-0.4, -0.2) is 46.2 Å². The largest absolute Gasteiger partial charge is 0.549 e. The molecule has 0 spiro atoms. The number of nitriles is 1. The van der Waals surface area contributed by atoms with Gasteiger partial charge in [0, 0.05) is 14.2 Å². The molecule has 0 amide bonds. The lowest BCUT2D eigenvalue weighted by atomic mass is 9.79. The van der Waals surface area contributed by atoms with Crippen molar-refractivity contribution < 1.29 is 33.6 Å². The smallest absolute Gasteiger partial charge is 0.367 e. The molecule has 0 unspecified atom stereocenters. The van der Waals surface area contributed by atoms with E-state index in [0.29, 0.717) is 11.3 Å². The summed E-state index contributed by atoms with van der Waals surface area (Å²) in [7, 11) is 4.87. The van der Waals surface area contributed by atoms with Gasteiger partial charge in [-0.25, -0.2) is 4.79 Å². The fraction of sp³-hybridized carbons (Fsp3) is 0.438. The Balaban J connectivity index is 3.59. The Labute approximate surface area is 139 Å². The molecule has 130 valence electrons. The molecule has 1 aromatic rings. The Morgan fingerprint density at radius 2 is 1.67 bits per heavy atom. The van der Waals surface area contributed by atoms with Gasteiger partial charge in [-0.15, -0.1) is 0 Å². The third kappa shape index (κ3) is 3.48. The molecule has 0 fully saturated rings. The predicted octanol–water partition coefficient (Wildman–Crippen LogP) is -0.169. The fourth-order valence-corrected chi connectivity index (χ4v) is 2.48. The number of esters is 1. The van der Waals surface area contributed by atoms with Gasteiger partial charge >= 0.3 is 5.97 Å². The molecular formula is C16H18NO7-.